The summed E-state index contributed by atoms with van der Waals surface area (Å²) in [6.45, 7) is 6.24. The molecule has 0 aromatic carbocycles. The highest BCUT2D eigenvalue weighted by Crippen LogP contribution is 2.26. The van der Waals surface area contributed by atoms with Crippen LogP contribution in [0.3, 0.4) is 0 Å². The second kappa shape index (κ2) is 4.61. The first-order valence-electron chi connectivity index (χ1n) is 6.49. The van der Waals surface area contributed by atoms with Crippen molar-refractivity contribution >= 4 is 28.4 Å². The van der Waals surface area contributed by atoms with Gasteiger partial charge in [0.05, 0.1) is 0 Å². The normalized spacial score (nSPS) is 25.1. The van der Waals surface area contributed by atoms with Crippen molar-refractivity contribution in [1.82, 2.24) is 14.3 Å². The summed E-state index contributed by atoms with van der Waals surface area (Å²) in [6, 6.07) is 0.922. The summed E-state index contributed by atoms with van der Waals surface area (Å²) in [5.74, 6) is 0.827. The highest BCUT2D eigenvalue weighted by Gasteiger charge is 2.29. The summed E-state index contributed by atoms with van der Waals surface area (Å²) in [7, 11) is 2.15. The third kappa shape index (κ3) is 1.95. The van der Waals surface area contributed by atoms with Crippen LogP contribution in [0.15, 0.2) is 11.6 Å². The number of nitrogens with zero attached hydrogens (tertiary/aromatic N) is 4. The molecule has 2 aromatic rings. The van der Waals surface area contributed by atoms with E-state index in [1.54, 1.807) is 11.3 Å². The van der Waals surface area contributed by atoms with Crippen LogP contribution >= 0.6 is 11.3 Å². The first-order chi connectivity index (χ1) is 9.11. The number of piperazine rings is 1. The number of carbonyl (C=O) groups excluding carboxylic acids is 1. The van der Waals surface area contributed by atoms with E-state index in [0.717, 1.165) is 30.2 Å². The molecule has 0 saturated carbocycles. The number of aromatic nitrogens is 2. The molecule has 3 rings (SSSR count). The highest BCUT2D eigenvalue weighted by molar-refractivity contribution is 7.15. The molecular weight excluding hydrogens is 260 g/mol. The van der Waals surface area contributed by atoms with Crippen molar-refractivity contribution in [3.8, 4) is 0 Å². The Morgan fingerprint density at radius 2 is 2.05 bits per heavy atom. The topological polar surface area (TPSA) is 40.9 Å². The molecule has 1 saturated heterocycles. The maximum atomic E-state index is 11.4. The molecule has 2 unspecified atom stereocenters. The lowest BCUT2D eigenvalue weighted by Gasteiger charge is -2.42. The maximum absolute atomic E-state index is 11.4. The molecule has 0 radical (unpaired) electrons. The number of hydrogen-bond donors (Lipinski definition) is 0. The SMILES string of the molecule is CC1CN(c2nc3sccn3c2C=O)CC(C)N1C. The van der Waals surface area contributed by atoms with Crippen LogP contribution in [0.4, 0.5) is 5.82 Å². The summed E-state index contributed by atoms with van der Waals surface area (Å²) in [4.78, 5) is 21.5. The van der Waals surface area contributed by atoms with Gasteiger partial charge in [0.25, 0.3) is 0 Å². The van der Waals surface area contributed by atoms with Crippen molar-refractivity contribution in [3.63, 3.8) is 0 Å². The van der Waals surface area contributed by atoms with Crippen molar-refractivity contribution in [2.75, 3.05) is 25.0 Å². The Hall–Kier alpha value is -1.40. The van der Waals surface area contributed by atoms with E-state index >= 15 is 0 Å². The monoisotopic (exact) mass is 278 g/mol. The molecule has 1 aliphatic heterocycles. The van der Waals surface area contributed by atoms with Gasteiger partial charge in [0, 0.05) is 36.8 Å². The predicted octanol–water partition coefficient (Wildman–Crippen LogP) is 1.74. The molecule has 19 heavy (non-hydrogen) atoms. The number of carbonyl (C=O) groups is 1. The van der Waals surface area contributed by atoms with Gasteiger partial charge >= 0.3 is 0 Å². The fourth-order valence-corrected chi connectivity index (χ4v) is 3.43. The first-order valence-corrected chi connectivity index (χ1v) is 7.37. The molecular formula is C13H18N4OS. The van der Waals surface area contributed by atoms with Crippen LogP contribution in [-0.2, 0) is 0 Å². The lowest BCUT2D eigenvalue weighted by molar-refractivity contribution is 0.111. The Kier molecular flexibility index (Phi) is 3.06. The van der Waals surface area contributed by atoms with Crippen LogP contribution in [0.1, 0.15) is 24.3 Å². The van der Waals surface area contributed by atoms with E-state index in [9.17, 15) is 4.79 Å². The molecule has 2 atom stereocenters. The number of hydrogen-bond acceptors (Lipinski definition) is 5. The Labute approximate surface area is 116 Å². The average Bonchev–Trinajstić information content (AvgIpc) is 2.94. The second-order valence-corrected chi connectivity index (χ2v) is 6.14. The second-order valence-electron chi connectivity index (χ2n) is 5.26. The quantitative estimate of drug-likeness (QED) is 0.785. The molecule has 0 spiro atoms. The summed E-state index contributed by atoms with van der Waals surface area (Å²) in [5.41, 5.74) is 0.667. The Morgan fingerprint density at radius 1 is 1.37 bits per heavy atom. The molecule has 5 nitrogen and oxygen atoms in total. The van der Waals surface area contributed by atoms with Gasteiger partial charge in [-0.3, -0.25) is 14.1 Å². The minimum absolute atomic E-state index is 0.461. The maximum Gasteiger partial charge on any atom is 0.196 e. The Balaban J connectivity index is 1.99. The Bertz CT molecular complexity index is 593. The average molecular weight is 278 g/mol. The zero-order valence-corrected chi connectivity index (χ0v) is 12.2. The van der Waals surface area contributed by atoms with Gasteiger partial charge in [0.15, 0.2) is 17.1 Å². The smallest absolute Gasteiger partial charge is 0.196 e. The van der Waals surface area contributed by atoms with E-state index in [1.807, 2.05) is 16.0 Å². The van der Waals surface area contributed by atoms with Crippen LogP contribution in [-0.4, -0.2) is 52.8 Å². The standard InChI is InChI=1S/C13H18N4OS/c1-9-6-16(7-10(2)15(9)3)12-11(8-18)17-4-5-19-13(17)14-12/h4-5,8-10H,6-7H2,1-3H3. The van der Waals surface area contributed by atoms with Gasteiger partial charge in [0.1, 0.15) is 5.69 Å². The van der Waals surface area contributed by atoms with Crippen LogP contribution < -0.4 is 4.90 Å². The van der Waals surface area contributed by atoms with Crippen molar-refractivity contribution in [1.29, 1.82) is 0 Å². The van der Waals surface area contributed by atoms with Crippen LogP contribution in [0.2, 0.25) is 0 Å². The van der Waals surface area contributed by atoms with Crippen molar-refractivity contribution in [3.05, 3.63) is 17.3 Å². The summed E-state index contributed by atoms with van der Waals surface area (Å²) in [6.07, 6.45) is 2.82. The Morgan fingerprint density at radius 3 is 2.68 bits per heavy atom. The summed E-state index contributed by atoms with van der Waals surface area (Å²) < 4.78 is 1.88. The number of thiazole rings is 1. The lowest BCUT2D eigenvalue weighted by Crippen LogP contribution is -2.55. The van der Waals surface area contributed by atoms with Gasteiger partial charge in [-0.05, 0) is 20.9 Å². The molecule has 1 fully saturated rings. The molecule has 2 aromatic heterocycles. The van der Waals surface area contributed by atoms with E-state index in [1.165, 1.54) is 0 Å². The molecule has 102 valence electrons. The van der Waals surface area contributed by atoms with Gasteiger partial charge < -0.3 is 4.90 Å². The summed E-state index contributed by atoms with van der Waals surface area (Å²) in [5, 5.41) is 1.95. The summed E-state index contributed by atoms with van der Waals surface area (Å²) >= 11 is 1.56. The molecule has 1 aliphatic rings. The number of rotatable bonds is 2. The van der Waals surface area contributed by atoms with E-state index in [4.69, 9.17) is 0 Å². The van der Waals surface area contributed by atoms with Crippen molar-refractivity contribution in [2.45, 2.75) is 25.9 Å². The van der Waals surface area contributed by atoms with E-state index in [2.05, 4.69) is 35.7 Å². The van der Waals surface area contributed by atoms with E-state index in [-0.39, 0.29) is 0 Å². The molecule has 6 heteroatoms. The largest absolute Gasteiger partial charge is 0.352 e. The van der Waals surface area contributed by atoms with Gasteiger partial charge in [-0.25, -0.2) is 4.98 Å². The predicted molar refractivity (Wildman–Crippen MR) is 77.4 cm³/mol. The highest BCUT2D eigenvalue weighted by atomic mass is 32.1. The number of imidazole rings is 1. The molecule has 0 amide bonds. The zero-order valence-electron chi connectivity index (χ0n) is 11.4. The van der Waals surface area contributed by atoms with Crippen LogP contribution in [0.5, 0.6) is 0 Å². The number of likely N-dealkylation sites (N-methyl/N-ethyl adjacent to an activating group) is 1. The zero-order chi connectivity index (χ0) is 13.6. The van der Waals surface area contributed by atoms with Gasteiger partial charge in [-0.2, -0.15) is 0 Å². The third-order valence-corrected chi connectivity index (χ3v) is 4.81. The van der Waals surface area contributed by atoms with Crippen molar-refractivity contribution in [2.24, 2.45) is 0 Å². The minimum Gasteiger partial charge on any atom is -0.352 e. The number of aldehydes is 1. The molecule has 0 aliphatic carbocycles. The third-order valence-electron chi connectivity index (χ3n) is 4.05. The molecule has 3 heterocycles. The fourth-order valence-electron chi connectivity index (χ4n) is 2.71. The fraction of sp³-hybridized carbons (Fsp3) is 0.538. The van der Waals surface area contributed by atoms with Gasteiger partial charge in [-0.15, -0.1) is 11.3 Å². The number of fused-ring (bicyclic) bond motifs is 1. The van der Waals surface area contributed by atoms with Crippen LogP contribution in [0.25, 0.3) is 4.96 Å². The lowest BCUT2D eigenvalue weighted by atomic mass is 10.1. The van der Waals surface area contributed by atoms with Crippen molar-refractivity contribution < 1.29 is 4.79 Å². The van der Waals surface area contributed by atoms with Gasteiger partial charge in [-0.1, -0.05) is 0 Å². The van der Waals surface area contributed by atoms with E-state index in [0.29, 0.717) is 17.8 Å². The molecule has 0 bridgehead atoms. The van der Waals surface area contributed by atoms with Crippen LogP contribution in [0, 0.1) is 0 Å². The molecule has 0 N–H and O–H groups in total. The first kappa shape index (κ1) is 12.6. The number of anilines is 1. The van der Waals surface area contributed by atoms with Gasteiger partial charge in [0.2, 0.25) is 0 Å². The van der Waals surface area contributed by atoms with E-state index < -0.39 is 0 Å². The minimum atomic E-state index is 0.461.